The summed E-state index contributed by atoms with van der Waals surface area (Å²) in [5.74, 6) is -0.00753. The second kappa shape index (κ2) is 7.93. The predicted molar refractivity (Wildman–Crippen MR) is 74.7 cm³/mol. The highest BCUT2D eigenvalue weighted by atomic mass is 16.5. The molecule has 0 aliphatic carbocycles. The number of amides is 1. The van der Waals surface area contributed by atoms with Crippen LogP contribution in [0.3, 0.4) is 0 Å². The quantitative estimate of drug-likeness (QED) is 0.726. The van der Waals surface area contributed by atoms with E-state index in [0.717, 1.165) is 45.8 Å². The molecule has 0 aromatic heterocycles. The van der Waals surface area contributed by atoms with E-state index in [4.69, 9.17) is 14.2 Å². The third kappa shape index (κ3) is 4.70. The smallest absolute Gasteiger partial charge is 0.248 e. The molecule has 2 rings (SSSR count). The fraction of sp³-hybridized carbons (Fsp3) is 0.929. The lowest BCUT2D eigenvalue weighted by molar-refractivity contribution is -0.137. The van der Waals surface area contributed by atoms with Crippen molar-refractivity contribution in [3.63, 3.8) is 0 Å². The van der Waals surface area contributed by atoms with Crippen LogP contribution in [0, 0.1) is 0 Å². The van der Waals surface area contributed by atoms with Crippen molar-refractivity contribution in [3.05, 3.63) is 0 Å². The summed E-state index contributed by atoms with van der Waals surface area (Å²) in [6.45, 7) is 4.89. The van der Waals surface area contributed by atoms with Crippen LogP contribution in [0.5, 0.6) is 0 Å². The molecule has 2 aliphatic heterocycles. The zero-order valence-electron chi connectivity index (χ0n) is 12.5. The van der Waals surface area contributed by atoms with Gasteiger partial charge in [0, 0.05) is 46.4 Å². The van der Waals surface area contributed by atoms with Crippen LogP contribution in [-0.4, -0.2) is 88.1 Å². The molecule has 2 aliphatic rings. The van der Waals surface area contributed by atoms with Crippen molar-refractivity contribution in [2.75, 3.05) is 60.2 Å². The van der Waals surface area contributed by atoms with Crippen LogP contribution >= 0.6 is 0 Å². The Labute approximate surface area is 120 Å². The van der Waals surface area contributed by atoms with Gasteiger partial charge in [0.1, 0.15) is 6.61 Å². The molecular weight excluding hydrogens is 260 g/mol. The molecule has 0 bridgehead atoms. The maximum atomic E-state index is 11.6. The molecule has 2 heterocycles. The van der Waals surface area contributed by atoms with Crippen LogP contribution in [0.1, 0.15) is 12.8 Å². The van der Waals surface area contributed by atoms with Crippen molar-refractivity contribution < 1.29 is 19.0 Å². The van der Waals surface area contributed by atoms with Gasteiger partial charge in [0.25, 0.3) is 0 Å². The van der Waals surface area contributed by atoms with Crippen LogP contribution in [0.4, 0.5) is 0 Å². The molecule has 0 radical (unpaired) electrons. The van der Waals surface area contributed by atoms with Crippen LogP contribution in [-0.2, 0) is 19.0 Å². The van der Waals surface area contributed by atoms with Crippen LogP contribution in [0.2, 0.25) is 0 Å². The number of nitrogens with zero attached hydrogens (tertiary/aromatic N) is 2. The average Bonchev–Trinajstić information content (AvgIpc) is 2.71. The number of carbonyl (C=O) groups is 1. The van der Waals surface area contributed by atoms with Crippen molar-refractivity contribution in [3.8, 4) is 0 Å². The molecule has 6 nitrogen and oxygen atoms in total. The molecule has 1 atom stereocenters. The number of ether oxygens (including phenoxy) is 3. The third-order valence-corrected chi connectivity index (χ3v) is 3.91. The predicted octanol–water partition coefficient (Wildman–Crippen LogP) is -0.0290. The SMILES string of the molecule is CN(C)C(=O)COC1COCCN(C2CCOCC2)C1. The van der Waals surface area contributed by atoms with E-state index in [2.05, 4.69) is 4.90 Å². The van der Waals surface area contributed by atoms with Crippen molar-refractivity contribution >= 4 is 5.91 Å². The van der Waals surface area contributed by atoms with Gasteiger partial charge in [-0.1, -0.05) is 0 Å². The van der Waals surface area contributed by atoms with Crippen molar-refractivity contribution in [1.29, 1.82) is 0 Å². The number of carbonyl (C=O) groups excluding carboxylic acids is 1. The second-order valence-corrected chi connectivity index (χ2v) is 5.63. The van der Waals surface area contributed by atoms with E-state index >= 15 is 0 Å². The summed E-state index contributed by atoms with van der Waals surface area (Å²) in [5, 5.41) is 0. The third-order valence-electron chi connectivity index (χ3n) is 3.91. The number of hydrogen-bond donors (Lipinski definition) is 0. The number of likely N-dealkylation sites (N-methyl/N-ethyl adjacent to an activating group) is 1. The van der Waals surface area contributed by atoms with Gasteiger partial charge in [0.2, 0.25) is 5.91 Å². The number of rotatable bonds is 4. The summed E-state index contributed by atoms with van der Waals surface area (Å²) in [6, 6.07) is 0.557. The lowest BCUT2D eigenvalue weighted by atomic mass is 10.1. The molecule has 2 saturated heterocycles. The molecule has 2 fully saturated rings. The normalized spacial score (nSPS) is 26.2. The standard InChI is InChI=1S/C14H26N2O4/c1-15(2)14(17)11-20-13-9-16(5-8-19-10-13)12-3-6-18-7-4-12/h12-13H,3-11H2,1-2H3. The Kier molecular flexibility index (Phi) is 6.22. The average molecular weight is 286 g/mol. The fourth-order valence-electron chi connectivity index (χ4n) is 2.60. The lowest BCUT2D eigenvalue weighted by Gasteiger charge is -2.34. The first kappa shape index (κ1) is 15.7. The van der Waals surface area contributed by atoms with Crippen LogP contribution in [0.25, 0.3) is 0 Å². The maximum absolute atomic E-state index is 11.6. The van der Waals surface area contributed by atoms with E-state index in [9.17, 15) is 4.79 Å². The molecule has 0 saturated carbocycles. The van der Waals surface area contributed by atoms with Gasteiger partial charge < -0.3 is 19.1 Å². The second-order valence-electron chi connectivity index (χ2n) is 5.63. The number of hydrogen-bond acceptors (Lipinski definition) is 5. The molecule has 20 heavy (non-hydrogen) atoms. The minimum Gasteiger partial charge on any atom is -0.381 e. The van der Waals surface area contributed by atoms with Crippen molar-refractivity contribution in [2.24, 2.45) is 0 Å². The summed E-state index contributed by atoms with van der Waals surface area (Å²) in [4.78, 5) is 15.6. The maximum Gasteiger partial charge on any atom is 0.248 e. The molecular formula is C14H26N2O4. The summed E-state index contributed by atoms with van der Waals surface area (Å²) < 4.78 is 16.7. The Morgan fingerprint density at radius 1 is 1.25 bits per heavy atom. The van der Waals surface area contributed by atoms with Crippen LogP contribution in [0.15, 0.2) is 0 Å². The van der Waals surface area contributed by atoms with E-state index in [1.807, 2.05) is 0 Å². The van der Waals surface area contributed by atoms with Gasteiger partial charge in [-0.15, -0.1) is 0 Å². The van der Waals surface area contributed by atoms with Gasteiger partial charge in [-0.2, -0.15) is 0 Å². The molecule has 6 heteroatoms. The van der Waals surface area contributed by atoms with Crippen molar-refractivity contribution in [2.45, 2.75) is 25.0 Å². The summed E-state index contributed by atoms with van der Waals surface area (Å²) in [7, 11) is 3.48. The molecule has 0 aromatic carbocycles. The van der Waals surface area contributed by atoms with Gasteiger partial charge >= 0.3 is 0 Å². The first-order valence-corrected chi connectivity index (χ1v) is 7.38. The summed E-state index contributed by atoms with van der Waals surface area (Å²) in [5.41, 5.74) is 0. The zero-order chi connectivity index (χ0) is 14.4. The van der Waals surface area contributed by atoms with Gasteiger partial charge in [-0.3, -0.25) is 9.69 Å². The van der Waals surface area contributed by atoms with Crippen molar-refractivity contribution in [1.82, 2.24) is 9.80 Å². The highest BCUT2D eigenvalue weighted by Gasteiger charge is 2.27. The van der Waals surface area contributed by atoms with Crippen LogP contribution < -0.4 is 0 Å². The molecule has 116 valence electrons. The van der Waals surface area contributed by atoms with Gasteiger partial charge in [0.15, 0.2) is 0 Å². The highest BCUT2D eigenvalue weighted by molar-refractivity contribution is 5.76. The summed E-state index contributed by atoms with van der Waals surface area (Å²) in [6.07, 6.45) is 2.12. The fourth-order valence-corrected chi connectivity index (χ4v) is 2.60. The lowest BCUT2D eigenvalue weighted by Crippen LogP contribution is -2.44. The first-order valence-electron chi connectivity index (χ1n) is 7.38. The van der Waals surface area contributed by atoms with Gasteiger partial charge in [-0.25, -0.2) is 0 Å². The molecule has 1 unspecified atom stereocenters. The largest absolute Gasteiger partial charge is 0.381 e. The monoisotopic (exact) mass is 286 g/mol. The Morgan fingerprint density at radius 3 is 2.70 bits per heavy atom. The Morgan fingerprint density at radius 2 is 2.00 bits per heavy atom. The molecule has 0 aromatic rings. The van der Waals surface area contributed by atoms with Gasteiger partial charge in [-0.05, 0) is 12.8 Å². The Balaban J connectivity index is 1.81. The van der Waals surface area contributed by atoms with Gasteiger partial charge in [0.05, 0.1) is 19.3 Å². The van der Waals surface area contributed by atoms with E-state index < -0.39 is 0 Å². The first-order chi connectivity index (χ1) is 9.66. The molecule has 1 amide bonds. The zero-order valence-corrected chi connectivity index (χ0v) is 12.5. The molecule has 0 N–H and O–H groups in total. The molecule has 0 spiro atoms. The summed E-state index contributed by atoms with van der Waals surface area (Å²) >= 11 is 0. The van der Waals surface area contributed by atoms with E-state index in [0.29, 0.717) is 12.6 Å². The Hall–Kier alpha value is -0.690. The van der Waals surface area contributed by atoms with E-state index in [-0.39, 0.29) is 18.6 Å². The minimum absolute atomic E-state index is 0.00753. The van der Waals surface area contributed by atoms with E-state index in [1.165, 1.54) is 0 Å². The topological polar surface area (TPSA) is 51.2 Å². The van der Waals surface area contributed by atoms with E-state index in [1.54, 1.807) is 19.0 Å². The highest BCUT2D eigenvalue weighted by Crippen LogP contribution is 2.17. The Bertz CT molecular complexity index is 306. The minimum atomic E-state index is -0.0238.